The second-order valence-electron chi connectivity index (χ2n) is 5.16. The van der Waals surface area contributed by atoms with E-state index >= 15 is 0 Å². The highest BCUT2D eigenvalue weighted by atomic mass is 16.5. The van der Waals surface area contributed by atoms with Gasteiger partial charge in [0.25, 0.3) is 0 Å². The maximum absolute atomic E-state index is 11.5. The predicted octanol–water partition coefficient (Wildman–Crippen LogP) is 4.04. The molecule has 0 spiro atoms. The van der Waals surface area contributed by atoms with Crippen molar-refractivity contribution in [2.24, 2.45) is 10.2 Å². The van der Waals surface area contributed by atoms with Crippen molar-refractivity contribution in [1.82, 2.24) is 0 Å². The van der Waals surface area contributed by atoms with E-state index in [0.29, 0.717) is 17.0 Å². The van der Waals surface area contributed by atoms with Crippen LogP contribution in [0.1, 0.15) is 39.7 Å². The fraction of sp³-hybridized carbons (Fsp3) is 0.278. The number of allylic oxidation sites excluding steroid dienone is 2. The highest BCUT2D eigenvalue weighted by Crippen LogP contribution is 2.25. The second-order valence-corrected chi connectivity index (χ2v) is 5.16. The van der Waals surface area contributed by atoms with Crippen LogP contribution in [0, 0.1) is 0 Å². The first kappa shape index (κ1) is 15.9. The highest BCUT2D eigenvalue weighted by Gasteiger charge is 2.23. The van der Waals surface area contributed by atoms with E-state index in [1.165, 1.54) is 0 Å². The first-order valence-electron chi connectivity index (χ1n) is 7.31. The van der Waals surface area contributed by atoms with Crippen molar-refractivity contribution in [2.45, 2.75) is 34.1 Å². The van der Waals surface area contributed by atoms with Gasteiger partial charge in [0.15, 0.2) is 0 Å². The average Bonchev–Trinajstić information content (AvgIpc) is 2.76. The monoisotopic (exact) mass is 296 g/mol. The van der Waals surface area contributed by atoms with Gasteiger partial charge in [-0.05, 0) is 32.8 Å². The minimum Gasteiger partial charge on any atom is -0.423 e. The smallest absolute Gasteiger partial charge is 0.339 e. The first-order chi connectivity index (χ1) is 10.5. The summed E-state index contributed by atoms with van der Waals surface area (Å²) in [5.74, 6) is 0.260. The van der Waals surface area contributed by atoms with Crippen molar-refractivity contribution >= 4 is 17.4 Å². The summed E-state index contributed by atoms with van der Waals surface area (Å²) in [6.45, 7) is 7.51. The van der Waals surface area contributed by atoms with Gasteiger partial charge in [0.1, 0.15) is 5.76 Å². The molecule has 114 valence electrons. The Labute approximate surface area is 130 Å². The summed E-state index contributed by atoms with van der Waals surface area (Å²) in [5.41, 5.74) is 4.17. The Morgan fingerprint density at radius 3 is 2.36 bits per heavy atom. The molecule has 0 aromatic heterocycles. The van der Waals surface area contributed by atoms with Crippen LogP contribution in [0.4, 0.5) is 0 Å². The largest absolute Gasteiger partial charge is 0.423 e. The van der Waals surface area contributed by atoms with Gasteiger partial charge >= 0.3 is 5.97 Å². The van der Waals surface area contributed by atoms with Gasteiger partial charge in [-0.15, -0.1) is 0 Å². The van der Waals surface area contributed by atoms with Gasteiger partial charge in [-0.25, -0.2) is 4.79 Å². The van der Waals surface area contributed by atoms with Gasteiger partial charge in [0, 0.05) is 17.2 Å². The molecular weight excluding hydrogens is 276 g/mol. The number of esters is 1. The molecule has 1 heterocycles. The van der Waals surface area contributed by atoms with Crippen LogP contribution in [0.25, 0.3) is 0 Å². The molecule has 0 atom stereocenters. The molecule has 0 saturated heterocycles. The number of carbonyl (C=O) groups is 1. The Balaban J connectivity index is 2.23. The van der Waals surface area contributed by atoms with E-state index in [9.17, 15) is 4.79 Å². The van der Waals surface area contributed by atoms with E-state index in [1.54, 1.807) is 13.0 Å². The lowest BCUT2D eigenvalue weighted by atomic mass is 10.1. The summed E-state index contributed by atoms with van der Waals surface area (Å²) in [4.78, 5) is 11.5. The van der Waals surface area contributed by atoms with Gasteiger partial charge in [-0.1, -0.05) is 37.3 Å². The average molecular weight is 296 g/mol. The van der Waals surface area contributed by atoms with Crippen LogP contribution in [0.15, 0.2) is 63.5 Å². The summed E-state index contributed by atoms with van der Waals surface area (Å²) in [5, 5.41) is 8.56. The van der Waals surface area contributed by atoms with E-state index in [0.717, 1.165) is 23.3 Å². The lowest BCUT2D eigenvalue weighted by molar-refractivity contribution is -0.133. The maximum Gasteiger partial charge on any atom is 0.339 e. The lowest BCUT2D eigenvalue weighted by Gasteiger charge is -2.01. The van der Waals surface area contributed by atoms with Crippen molar-refractivity contribution in [3.8, 4) is 0 Å². The normalized spacial score (nSPS) is 18.2. The SMILES string of the molecule is CC\C(=N/N=C(C)/C=C1/OC(=O)C(C)=C1C)c1ccccc1. The Morgan fingerprint density at radius 1 is 1.14 bits per heavy atom. The number of nitrogens with zero attached hydrogens (tertiary/aromatic N) is 2. The molecule has 0 radical (unpaired) electrons. The van der Waals surface area contributed by atoms with E-state index < -0.39 is 0 Å². The molecule has 2 rings (SSSR count). The first-order valence-corrected chi connectivity index (χ1v) is 7.31. The number of hydrogen-bond acceptors (Lipinski definition) is 4. The molecule has 1 aliphatic heterocycles. The fourth-order valence-corrected chi connectivity index (χ4v) is 2.05. The van der Waals surface area contributed by atoms with E-state index in [-0.39, 0.29) is 5.97 Å². The summed E-state index contributed by atoms with van der Waals surface area (Å²) in [6.07, 6.45) is 2.54. The van der Waals surface area contributed by atoms with Gasteiger partial charge in [-0.3, -0.25) is 0 Å². The van der Waals surface area contributed by atoms with Gasteiger partial charge in [-0.2, -0.15) is 10.2 Å². The number of benzene rings is 1. The Bertz CT molecular complexity index is 695. The maximum atomic E-state index is 11.5. The quantitative estimate of drug-likeness (QED) is 0.478. The topological polar surface area (TPSA) is 51.0 Å². The third-order valence-electron chi connectivity index (χ3n) is 3.55. The molecule has 1 aromatic rings. The van der Waals surface area contributed by atoms with Crippen molar-refractivity contribution in [2.75, 3.05) is 0 Å². The van der Waals surface area contributed by atoms with Crippen LogP contribution < -0.4 is 0 Å². The second kappa shape index (κ2) is 6.98. The Hall–Kier alpha value is -2.49. The van der Waals surface area contributed by atoms with Gasteiger partial charge in [0.05, 0.1) is 11.4 Å². The molecule has 0 bridgehead atoms. The zero-order valence-corrected chi connectivity index (χ0v) is 13.4. The van der Waals surface area contributed by atoms with Crippen LogP contribution in [-0.2, 0) is 9.53 Å². The Kier molecular flexibility index (Phi) is 5.04. The molecule has 0 aliphatic carbocycles. The minimum absolute atomic E-state index is 0.293. The third-order valence-corrected chi connectivity index (χ3v) is 3.55. The summed E-state index contributed by atoms with van der Waals surface area (Å²) in [6, 6.07) is 9.96. The van der Waals surface area contributed by atoms with Crippen LogP contribution >= 0.6 is 0 Å². The fourth-order valence-electron chi connectivity index (χ4n) is 2.05. The molecule has 1 aromatic carbocycles. The number of rotatable bonds is 4. The molecule has 4 heteroatoms. The summed E-state index contributed by atoms with van der Waals surface area (Å²) in [7, 11) is 0. The third kappa shape index (κ3) is 3.58. The summed E-state index contributed by atoms with van der Waals surface area (Å²) < 4.78 is 5.19. The molecule has 22 heavy (non-hydrogen) atoms. The van der Waals surface area contributed by atoms with Crippen molar-refractivity contribution in [3.63, 3.8) is 0 Å². The van der Waals surface area contributed by atoms with Gasteiger partial charge in [0.2, 0.25) is 0 Å². The van der Waals surface area contributed by atoms with Crippen molar-refractivity contribution in [3.05, 3.63) is 58.9 Å². The van der Waals surface area contributed by atoms with Crippen molar-refractivity contribution in [1.29, 1.82) is 0 Å². The lowest BCUT2D eigenvalue weighted by Crippen LogP contribution is -1.99. The number of carbonyl (C=O) groups excluding carboxylic acids is 1. The molecule has 0 N–H and O–H groups in total. The van der Waals surface area contributed by atoms with E-state index in [2.05, 4.69) is 10.2 Å². The molecule has 1 aliphatic rings. The van der Waals surface area contributed by atoms with Gasteiger partial charge < -0.3 is 4.74 Å². The predicted molar refractivity (Wildman–Crippen MR) is 88.9 cm³/mol. The highest BCUT2D eigenvalue weighted by molar-refractivity contribution is 6.02. The zero-order chi connectivity index (χ0) is 16.1. The molecular formula is C18H20N2O2. The zero-order valence-electron chi connectivity index (χ0n) is 13.4. The minimum atomic E-state index is -0.293. The molecule has 0 fully saturated rings. The molecule has 0 unspecified atom stereocenters. The number of hydrogen-bond donors (Lipinski definition) is 0. The summed E-state index contributed by atoms with van der Waals surface area (Å²) >= 11 is 0. The molecule has 4 nitrogen and oxygen atoms in total. The van der Waals surface area contributed by atoms with Crippen LogP contribution in [0.5, 0.6) is 0 Å². The Morgan fingerprint density at radius 2 is 1.82 bits per heavy atom. The van der Waals surface area contributed by atoms with E-state index in [4.69, 9.17) is 4.74 Å². The van der Waals surface area contributed by atoms with Crippen LogP contribution in [-0.4, -0.2) is 17.4 Å². The van der Waals surface area contributed by atoms with Crippen LogP contribution in [0.3, 0.4) is 0 Å². The van der Waals surface area contributed by atoms with Crippen molar-refractivity contribution < 1.29 is 9.53 Å². The standard InChI is InChI=1S/C18H20N2O2/c1-5-16(15-9-7-6-8-10-15)20-19-12(2)11-17-13(3)14(4)18(21)22-17/h6-11H,5H2,1-4H3/b17-11+,19-12+,20-16+. The number of ether oxygens (including phenoxy) is 1. The molecule has 0 amide bonds. The van der Waals surface area contributed by atoms with E-state index in [1.807, 2.05) is 51.1 Å². The van der Waals surface area contributed by atoms with Crippen LogP contribution in [0.2, 0.25) is 0 Å². The molecule has 0 saturated carbocycles. The number of cyclic esters (lactones) is 1.